The van der Waals surface area contributed by atoms with Crippen LogP contribution in [0.1, 0.15) is 39.0 Å². The molecule has 1 aliphatic carbocycles. The lowest BCUT2D eigenvalue weighted by atomic mass is 9.85. The standard InChI is InChI=1S/C9H17NO2.H3N/c1-8(11)12-9(7-10)5-3-2-4-6-9;/h2-7,10H2,1H3;1H3. The number of nitrogens with two attached hydrogens (primary N) is 1. The Morgan fingerprint density at radius 3 is 2.31 bits per heavy atom. The van der Waals surface area contributed by atoms with Crippen LogP contribution >= 0.6 is 0 Å². The van der Waals surface area contributed by atoms with E-state index in [1.807, 2.05) is 0 Å². The van der Waals surface area contributed by atoms with Gasteiger partial charge in [0.2, 0.25) is 0 Å². The van der Waals surface area contributed by atoms with Crippen molar-refractivity contribution < 1.29 is 9.53 Å². The Morgan fingerprint density at radius 2 is 1.92 bits per heavy atom. The van der Waals surface area contributed by atoms with Crippen molar-refractivity contribution in [2.45, 2.75) is 44.6 Å². The van der Waals surface area contributed by atoms with Crippen molar-refractivity contribution in [1.29, 1.82) is 0 Å². The Balaban J connectivity index is 0.00000144. The molecule has 0 aromatic rings. The second-order valence-corrected chi connectivity index (χ2v) is 3.54. The molecule has 1 aliphatic rings. The minimum absolute atomic E-state index is 0. The van der Waals surface area contributed by atoms with Crippen LogP contribution in [-0.2, 0) is 9.53 Å². The summed E-state index contributed by atoms with van der Waals surface area (Å²) in [6, 6.07) is 0. The van der Waals surface area contributed by atoms with E-state index in [4.69, 9.17) is 10.5 Å². The van der Waals surface area contributed by atoms with E-state index >= 15 is 0 Å². The van der Waals surface area contributed by atoms with Crippen LogP contribution in [0.5, 0.6) is 0 Å². The second-order valence-electron chi connectivity index (χ2n) is 3.54. The Morgan fingerprint density at radius 1 is 1.38 bits per heavy atom. The fraction of sp³-hybridized carbons (Fsp3) is 0.889. The first-order chi connectivity index (χ1) is 5.68. The highest BCUT2D eigenvalue weighted by atomic mass is 16.6. The van der Waals surface area contributed by atoms with Crippen molar-refractivity contribution in [3.8, 4) is 0 Å². The number of rotatable bonds is 2. The maximum atomic E-state index is 10.8. The first-order valence-corrected chi connectivity index (χ1v) is 4.58. The summed E-state index contributed by atoms with van der Waals surface area (Å²) in [5.74, 6) is -0.206. The first-order valence-electron chi connectivity index (χ1n) is 4.58. The van der Waals surface area contributed by atoms with Gasteiger partial charge in [-0.1, -0.05) is 6.42 Å². The van der Waals surface area contributed by atoms with Gasteiger partial charge in [0.05, 0.1) is 0 Å². The third-order valence-corrected chi connectivity index (χ3v) is 2.50. The maximum Gasteiger partial charge on any atom is 0.303 e. The van der Waals surface area contributed by atoms with Crippen molar-refractivity contribution in [3.05, 3.63) is 0 Å². The number of carbonyl (C=O) groups excluding carboxylic acids is 1. The van der Waals surface area contributed by atoms with Gasteiger partial charge in [0, 0.05) is 13.5 Å². The second kappa shape index (κ2) is 5.19. The number of carbonyl (C=O) groups is 1. The molecule has 0 unspecified atom stereocenters. The molecule has 0 aromatic carbocycles. The van der Waals surface area contributed by atoms with Gasteiger partial charge < -0.3 is 16.6 Å². The third-order valence-electron chi connectivity index (χ3n) is 2.50. The molecule has 78 valence electrons. The lowest BCUT2D eigenvalue weighted by Gasteiger charge is -2.35. The summed E-state index contributed by atoms with van der Waals surface area (Å²) in [4.78, 5) is 10.8. The predicted octanol–water partition coefficient (Wildman–Crippen LogP) is 1.37. The van der Waals surface area contributed by atoms with Crippen LogP contribution in [0, 0.1) is 0 Å². The van der Waals surface area contributed by atoms with E-state index in [1.54, 1.807) is 0 Å². The molecular formula is C9H20N2O2. The van der Waals surface area contributed by atoms with Crippen LogP contribution < -0.4 is 11.9 Å². The van der Waals surface area contributed by atoms with Crippen LogP contribution in [0.4, 0.5) is 0 Å². The lowest BCUT2D eigenvalue weighted by Crippen LogP contribution is -2.43. The highest BCUT2D eigenvalue weighted by Gasteiger charge is 2.33. The molecule has 13 heavy (non-hydrogen) atoms. The van der Waals surface area contributed by atoms with Gasteiger partial charge in [-0.2, -0.15) is 0 Å². The first kappa shape index (κ1) is 12.4. The highest BCUT2D eigenvalue weighted by Crippen LogP contribution is 2.30. The summed E-state index contributed by atoms with van der Waals surface area (Å²) in [5, 5.41) is 0. The highest BCUT2D eigenvalue weighted by molar-refractivity contribution is 5.66. The van der Waals surface area contributed by atoms with E-state index in [0.717, 1.165) is 25.7 Å². The number of hydrogen-bond acceptors (Lipinski definition) is 4. The van der Waals surface area contributed by atoms with Gasteiger partial charge in [-0.3, -0.25) is 4.79 Å². The van der Waals surface area contributed by atoms with Crippen LogP contribution in [-0.4, -0.2) is 18.1 Å². The maximum absolute atomic E-state index is 10.8. The minimum Gasteiger partial charge on any atom is -0.458 e. The summed E-state index contributed by atoms with van der Waals surface area (Å²) < 4.78 is 5.26. The molecule has 0 aromatic heterocycles. The van der Waals surface area contributed by atoms with E-state index in [2.05, 4.69) is 0 Å². The molecule has 0 atom stereocenters. The quantitative estimate of drug-likeness (QED) is 0.641. The molecule has 0 amide bonds. The molecular weight excluding hydrogens is 168 g/mol. The fourth-order valence-electron chi connectivity index (χ4n) is 1.85. The van der Waals surface area contributed by atoms with Gasteiger partial charge in [0.15, 0.2) is 0 Å². The zero-order valence-corrected chi connectivity index (χ0v) is 8.34. The van der Waals surface area contributed by atoms with Gasteiger partial charge in [-0.25, -0.2) is 0 Å². The molecule has 0 radical (unpaired) electrons. The smallest absolute Gasteiger partial charge is 0.303 e. The molecule has 0 aliphatic heterocycles. The Bertz CT molecular complexity index is 165. The Hall–Kier alpha value is -0.610. The zero-order chi connectivity index (χ0) is 9.03. The van der Waals surface area contributed by atoms with Crippen molar-refractivity contribution in [2.75, 3.05) is 6.54 Å². The topological polar surface area (TPSA) is 87.3 Å². The number of esters is 1. The Kier molecular flexibility index (Phi) is 4.95. The molecule has 4 nitrogen and oxygen atoms in total. The van der Waals surface area contributed by atoms with E-state index in [-0.39, 0.29) is 17.7 Å². The SMILES string of the molecule is CC(=O)OC1(CN)CCCCC1.N. The van der Waals surface area contributed by atoms with Crippen molar-refractivity contribution in [3.63, 3.8) is 0 Å². The van der Waals surface area contributed by atoms with E-state index in [0.29, 0.717) is 6.54 Å². The largest absolute Gasteiger partial charge is 0.458 e. The third kappa shape index (κ3) is 3.32. The van der Waals surface area contributed by atoms with Gasteiger partial charge in [0.1, 0.15) is 5.60 Å². The average Bonchev–Trinajstić information content (AvgIpc) is 2.05. The average molecular weight is 188 g/mol. The predicted molar refractivity (Wildman–Crippen MR) is 51.7 cm³/mol. The summed E-state index contributed by atoms with van der Waals surface area (Å²) in [7, 11) is 0. The van der Waals surface area contributed by atoms with Crippen molar-refractivity contribution >= 4 is 5.97 Å². The van der Waals surface area contributed by atoms with E-state index < -0.39 is 0 Å². The summed E-state index contributed by atoms with van der Waals surface area (Å²) in [6.45, 7) is 1.92. The summed E-state index contributed by atoms with van der Waals surface area (Å²) in [5.41, 5.74) is 5.28. The van der Waals surface area contributed by atoms with Crippen LogP contribution in [0.3, 0.4) is 0 Å². The zero-order valence-electron chi connectivity index (χ0n) is 8.34. The van der Waals surface area contributed by atoms with Crippen molar-refractivity contribution in [1.82, 2.24) is 6.15 Å². The fourth-order valence-corrected chi connectivity index (χ4v) is 1.85. The minimum atomic E-state index is -0.329. The van der Waals surface area contributed by atoms with Gasteiger partial charge in [-0.15, -0.1) is 0 Å². The lowest BCUT2D eigenvalue weighted by molar-refractivity contribution is -0.159. The van der Waals surface area contributed by atoms with Crippen molar-refractivity contribution in [2.24, 2.45) is 5.73 Å². The molecule has 1 rings (SSSR count). The molecule has 0 heterocycles. The number of ether oxygens (including phenoxy) is 1. The summed E-state index contributed by atoms with van der Waals surface area (Å²) >= 11 is 0. The van der Waals surface area contributed by atoms with Crippen LogP contribution in [0.15, 0.2) is 0 Å². The van der Waals surface area contributed by atoms with Gasteiger partial charge in [-0.05, 0) is 25.7 Å². The van der Waals surface area contributed by atoms with Crippen LogP contribution in [0.2, 0.25) is 0 Å². The van der Waals surface area contributed by atoms with Gasteiger partial charge >= 0.3 is 5.97 Å². The van der Waals surface area contributed by atoms with E-state index in [1.165, 1.54) is 13.3 Å². The monoisotopic (exact) mass is 188 g/mol. The molecule has 1 saturated carbocycles. The van der Waals surface area contributed by atoms with Crippen LogP contribution in [0.25, 0.3) is 0 Å². The number of hydrogen-bond donors (Lipinski definition) is 2. The molecule has 5 N–H and O–H groups in total. The molecule has 0 bridgehead atoms. The normalized spacial score (nSPS) is 20.2. The van der Waals surface area contributed by atoms with Gasteiger partial charge in [0.25, 0.3) is 0 Å². The Labute approximate surface area is 79.4 Å². The summed E-state index contributed by atoms with van der Waals surface area (Å²) in [6.07, 6.45) is 5.37. The molecule has 0 saturated heterocycles. The molecule has 1 fully saturated rings. The molecule has 4 heteroatoms. The molecule has 0 spiro atoms. The van der Waals surface area contributed by atoms with E-state index in [9.17, 15) is 4.79 Å².